The van der Waals surface area contributed by atoms with Crippen molar-refractivity contribution in [1.82, 2.24) is 10.3 Å². The number of alkyl carbamates (subject to hydrolysis) is 1. The Hall–Kier alpha value is -3.23. The van der Waals surface area contributed by atoms with Gasteiger partial charge in [-0.1, -0.05) is 53.8 Å². The monoisotopic (exact) mass is 380 g/mol. The Kier molecular flexibility index (Phi) is 6.14. The van der Waals surface area contributed by atoms with Crippen LogP contribution in [0.1, 0.15) is 17.5 Å². The quantitative estimate of drug-likeness (QED) is 0.524. The van der Waals surface area contributed by atoms with Crippen molar-refractivity contribution in [2.75, 3.05) is 6.54 Å². The number of nitrogens with zero attached hydrogens (tertiary/aromatic N) is 1. The molecule has 3 rings (SSSR count). The van der Waals surface area contributed by atoms with Crippen LogP contribution in [0.4, 0.5) is 4.79 Å². The fourth-order valence-electron chi connectivity index (χ4n) is 2.44. The molecular weight excluding hydrogens is 364 g/mol. The van der Waals surface area contributed by atoms with Crippen molar-refractivity contribution in [2.45, 2.75) is 13.0 Å². The van der Waals surface area contributed by atoms with Crippen molar-refractivity contribution in [2.24, 2.45) is 0 Å². The zero-order chi connectivity index (χ0) is 19.1. The number of carbonyl (C=O) groups is 1. The molecule has 5 nitrogen and oxygen atoms in total. The van der Waals surface area contributed by atoms with E-state index in [2.05, 4.69) is 22.1 Å². The number of hydrogen-bond acceptors (Lipinski definition) is 4. The molecule has 0 aliphatic carbocycles. The fraction of sp³-hybridized carbons (Fsp3) is 0.143. The maximum atomic E-state index is 11.6. The summed E-state index contributed by atoms with van der Waals surface area (Å²) >= 11 is 6.21. The Balaban J connectivity index is 1.51. The lowest BCUT2D eigenvalue weighted by molar-refractivity contribution is 0.140. The van der Waals surface area contributed by atoms with Gasteiger partial charge in [0.2, 0.25) is 0 Å². The number of halogens is 1. The van der Waals surface area contributed by atoms with E-state index in [1.807, 2.05) is 30.3 Å². The number of phenols is 1. The number of carbonyl (C=O) groups excluding carboxylic acids is 1. The van der Waals surface area contributed by atoms with Crippen molar-refractivity contribution in [3.05, 3.63) is 70.9 Å². The molecule has 1 aromatic heterocycles. The first-order chi connectivity index (χ1) is 13.1. The van der Waals surface area contributed by atoms with Gasteiger partial charge in [-0.15, -0.1) is 0 Å². The summed E-state index contributed by atoms with van der Waals surface area (Å²) in [6.07, 6.45) is 1.49. The number of pyridine rings is 1. The van der Waals surface area contributed by atoms with Crippen LogP contribution in [0.25, 0.3) is 10.9 Å². The average molecular weight is 381 g/mol. The summed E-state index contributed by atoms with van der Waals surface area (Å²) in [5.74, 6) is 5.76. The lowest BCUT2D eigenvalue weighted by Crippen LogP contribution is -2.24. The molecule has 136 valence electrons. The van der Waals surface area contributed by atoms with Crippen LogP contribution in [0.2, 0.25) is 5.02 Å². The van der Waals surface area contributed by atoms with E-state index in [9.17, 15) is 9.90 Å². The van der Waals surface area contributed by atoms with Crippen LogP contribution in [0.3, 0.4) is 0 Å². The van der Waals surface area contributed by atoms with Crippen LogP contribution in [-0.2, 0) is 11.3 Å². The van der Waals surface area contributed by atoms with Gasteiger partial charge in [0.15, 0.2) is 5.75 Å². The number of benzene rings is 2. The van der Waals surface area contributed by atoms with E-state index >= 15 is 0 Å². The predicted molar refractivity (Wildman–Crippen MR) is 105 cm³/mol. The molecule has 1 heterocycles. The van der Waals surface area contributed by atoms with Crippen LogP contribution in [0.5, 0.6) is 5.75 Å². The standard InChI is InChI=1S/C21H17ClN2O3/c22-18-13-16(20(25)19-17(18)10-6-12-23-19)9-4-5-11-24-21(26)27-14-15-7-2-1-3-8-15/h1-3,6-8,10,12-13,25H,5,11,14H2,(H,24,26). The van der Waals surface area contributed by atoms with Gasteiger partial charge in [0, 0.05) is 24.5 Å². The van der Waals surface area contributed by atoms with Gasteiger partial charge in [-0.3, -0.25) is 4.98 Å². The molecule has 0 bridgehead atoms. The molecule has 2 aromatic carbocycles. The molecule has 0 atom stereocenters. The van der Waals surface area contributed by atoms with Crippen molar-refractivity contribution in [3.8, 4) is 17.6 Å². The first-order valence-electron chi connectivity index (χ1n) is 8.35. The van der Waals surface area contributed by atoms with E-state index in [4.69, 9.17) is 16.3 Å². The minimum Gasteiger partial charge on any atom is -0.504 e. The minimum atomic E-state index is -0.499. The maximum Gasteiger partial charge on any atom is 0.407 e. The van der Waals surface area contributed by atoms with Crippen LogP contribution < -0.4 is 5.32 Å². The third kappa shape index (κ3) is 4.90. The molecule has 0 saturated carbocycles. The highest BCUT2D eigenvalue weighted by Crippen LogP contribution is 2.32. The first-order valence-corrected chi connectivity index (χ1v) is 8.72. The molecule has 0 saturated heterocycles. The second kappa shape index (κ2) is 8.93. The van der Waals surface area contributed by atoms with Crippen LogP contribution >= 0.6 is 11.6 Å². The minimum absolute atomic E-state index is 0.00210. The number of aromatic hydroxyl groups is 1. The van der Waals surface area contributed by atoms with Gasteiger partial charge in [-0.05, 0) is 23.8 Å². The Bertz CT molecular complexity index is 1010. The van der Waals surface area contributed by atoms with Gasteiger partial charge >= 0.3 is 6.09 Å². The maximum absolute atomic E-state index is 11.6. The van der Waals surface area contributed by atoms with Crippen LogP contribution in [0.15, 0.2) is 54.7 Å². The number of hydrogen-bond donors (Lipinski definition) is 2. The van der Waals surface area contributed by atoms with Crippen molar-refractivity contribution in [1.29, 1.82) is 0 Å². The van der Waals surface area contributed by atoms with E-state index in [-0.39, 0.29) is 12.4 Å². The predicted octanol–water partition coefficient (Wildman–Crippen LogP) is 4.26. The number of aromatic nitrogens is 1. The molecule has 2 N–H and O–H groups in total. The highest BCUT2D eigenvalue weighted by Gasteiger charge is 2.09. The highest BCUT2D eigenvalue weighted by molar-refractivity contribution is 6.35. The number of phenolic OH excluding ortho intramolecular Hbond substituents is 1. The SMILES string of the molecule is O=C(NCCC#Cc1cc(Cl)c2cccnc2c1O)OCc1ccccc1. The fourth-order valence-corrected chi connectivity index (χ4v) is 2.70. The van der Waals surface area contributed by atoms with Gasteiger partial charge in [-0.2, -0.15) is 0 Å². The van der Waals surface area contributed by atoms with Gasteiger partial charge in [0.1, 0.15) is 12.1 Å². The number of nitrogens with one attached hydrogen (secondary N) is 1. The summed E-state index contributed by atoms with van der Waals surface area (Å²) in [4.78, 5) is 15.8. The van der Waals surface area contributed by atoms with E-state index in [1.54, 1.807) is 24.4 Å². The Morgan fingerprint density at radius 3 is 2.85 bits per heavy atom. The summed E-state index contributed by atoms with van der Waals surface area (Å²) in [6, 6.07) is 14.6. The van der Waals surface area contributed by atoms with Gasteiger partial charge in [-0.25, -0.2) is 4.79 Å². The summed E-state index contributed by atoms with van der Waals surface area (Å²) < 4.78 is 5.11. The van der Waals surface area contributed by atoms with E-state index < -0.39 is 6.09 Å². The van der Waals surface area contributed by atoms with Crippen molar-refractivity contribution < 1.29 is 14.6 Å². The summed E-state index contributed by atoms with van der Waals surface area (Å²) in [5.41, 5.74) is 1.74. The van der Waals surface area contributed by atoms with Gasteiger partial charge < -0.3 is 15.2 Å². The number of rotatable bonds is 4. The van der Waals surface area contributed by atoms with Gasteiger partial charge in [0.05, 0.1) is 10.6 Å². The molecule has 0 aliphatic rings. The zero-order valence-electron chi connectivity index (χ0n) is 14.4. The zero-order valence-corrected chi connectivity index (χ0v) is 15.2. The van der Waals surface area contributed by atoms with Crippen molar-refractivity contribution in [3.63, 3.8) is 0 Å². The molecule has 0 radical (unpaired) electrons. The molecule has 0 fully saturated rings. The number of amides is 1. The number of fused-ring (bicyclic) bond motifs is 1. The van der Waals surface area contributed by atoms with E-state index in [0.29, 0.717) is 34.5 Å². The summed E-state index contributed by atoms with van der Waals surface area (Å²) in [6.45, 7) is 0.551. The van der Waals surface area contributed by atoms with E-state index in [1.165, 1.54) is 0 Å². The summed E-state index contributed by atoms with van der Waals surface area (Å²) in [7, 11) is 0. The third-order valence-electron chi connectivity index (χ3n) is 3.77. The second-order valence-electron chi connectivity index (χ2n) is 5.69. The Morgan fingerprint density at radius 2 is 2.04 bits per heavy atom. The Labute approximate surface area is 162 Å². The lowest BCUT2D eigenvalue weighted by Gasteiger charge is -2.05. The molecule has 6 heteroatoms. The largest absolute Gasteiger partial charge is 0.504 e. The first kappa shape index (κ1) is 18.6. The van der Waals surface area contributed by atoms with Crippen LogP contribution in [0, 0.1) is 11.8 Å². The van der Waals surface area contributed by atoms with Crippen LogP contribution in [-0.4, -0.2) is 22.7 Å². The van der Waals surface area contributed by atoms with Crippen molar-refractivity contribution >= 4 is 28.6 Å². The topological polar surface area (TPSA) is 71.5 Å². The highest BCUT2D eigenvalue weighted by atomic mass is 35.5. The second-order valence-corrected chi connectivity index (χ2v) is 6.10. The smallest absolute Gasteiger partial charge is 0.407 e. The Morgan fingerprint density at radius 1 is 1.22 bits per heavy atom. The van der Waals surface area contributed by atoms with E-state index in [0.717, 1.165) is 5.56 Å². The molecule has 0 spiro atoms. The average Bonchev–Trinajstić information content (AvgIpc) is 2.70. The summed E-state index contributed by atoms with van der Waals surface area (Å²) in [5, 5.41) is 14.1. The number of ether oxygens (including phenoxy) is 1. The molecule has 0 aliphatic heterocycles. The molecule has 1 amide bonds. The molecular formula is C21H17ClN2O3. The van der Waals surface area contributed by atoms with Gasteiger partial charge in [0.25, 0.3) is 0 Å². The third-order valence-corrected chi connectivity index (χ3v) is 4.08. The molecule has 3 aromatic rings. The molecule has 27 heavy (non-hydrogen) atoms. The lowest BCUT2D eigenvalue weighted by atomic mass is 10.1. The normalized spacial score (nSPS) is 10.1. The molecule has 0 unspecified atom stereocenters.